The van der Waals surface area contributed by atoms with Gasteiger partial charge in [-0.15, -0.1) is 11.3 Å². The minimum atomic E-state index is -0.279. The summed E-state index contributed by atoms with van der Waals surface area (Å²) in [7, 11) is 0. The maximum Gasteiger partial charge on any atom is 0.324 e. The van der Waals surface area contributed by atoms with E-state index in [-0.39, 0.29) is 17.9 Å². The molecule has 1 N–H and O–H groups in total. The molecule has 1 aliphatic carbocycles. The van der Waals surface area contributed by atoms with Gasteiger partial charge in [0.15, 0.2) is 5.13 Å². The van der Waals surface area contributed by atoms with Crippen LogP contribution in [0, 0.1) is 12.7 Å². The highest BCUT2D eigenvalue weighted by Gasteiger charge is 2.33. The van der Waals surface area contributed by atoms with Gasteiger partial charge in [0.05, 0.1) is 5.69 Å². The average Bonchev–Trinajstić information content (AvgIpc) is 3.20. The molecule has 4 nitrogen and oxygen atoms in total. The number of urea groups is 1. The van der Waals surface area contributed by atoms with Gasteiger partial charge in [-0.3, -0.25) is 5.32 Å². The minimum absolute atomic E-state index is 0.170. The molecular formula is C15H16FN3OS. The summed E-state index contributed by atoms with van der Waals surface area (Å²) in [5, 5.41) is 5.31. The first kappa shape index (κ1) is 14.0. The molecule has 0 aliphatic heterocycles. The number of anilines is 1. The lowest BCUT2D eigenvalue weighted by atomic mass is 10.2. The van der Waals surface area contributed by atoms with E-state index in [1.165, 1.54) is 23.5 Å². The molecule has 1 fully saturated rings. The molecule has 1 saturated carbocycles. The number of halogens is 1. The van der Waals surface area contributed by atoms with Crippen LogP contribution in [0.3, 0.4) is 0 Å². The molecule has 2 aromatic rings. The molecule has 21 heavy (non-hydrogen) atoms. The summed E-state index contributed by atoms with van der Waals surface area (Å²) in [6.07, 6.45) is 2.00. The van der Waals surface area contributed by atoms with Gasteiger partial charge >= 0.3 is 6.03 Å². The van der Waals surface area contributed by atoms with Crippen molar-refractivity contribution in [3.05, 3.63) is 46.7 Å². The normalized spacial score (nSPS) is 14.0. The van der Waals surface area contributed by atoms with E-state index in [1.807, 2.05) is 18.4 Å². The van der Waals surface area contributed by atoms with Crippen molar-refractivity contribution in [2.24, 2.45) is 0 Å². The van der Waals surface area contributed by atoms with Crippen LogP contribution < -0.4 is 5.32 Å². The first-order chi connectivity index (χ1) is 10.1. The Bertz CT molecular complexity index is 654. The molecule has 0 saturated heterocycles. The quantitative estimate of drug-likeness (QED) is 0.934. The van der Waals surface area contributed by atoms with E-state index in [4.69, 9.17) is 0 Å². The number of thiazole rings is 1. The number of carbonyl (C=O) groups excluding carboxylic acids is 1. The summed E-state index contributed by atoms with van der Waals surface area (Å²) < 4.78 is 13.3. The van der Waals surface area contributed by atoms with Gasteiger partial charge in [-0.1, -0.05) is 12.1 Å². The number of hydrogen-bond acceptors (Lipinski definition) is 3. The second kappa shape index (κ2) is 5.81. The van der Waals surface area contributed by atoms with Crippen LogP contribution in [0.2, 0.25) is 0 Å². The third-order valence-electron chi connectivity index (χ3n) is 3.32. The van der Waals surface area contributed by atoms with Crippen LogP contribution in [0.5, 0.6) is 0 Å². The predicted molar refractivity (Wildman–Crippen MR) is 80.8 cm³/mol. The van der Waals surface area contributed by atoms with Crippen molar-refractivity contribution in [1.29, 1.82) is 0 Å². The van der Waals surface area contributed by atoms with Crippen molar-refractivity contribution in [2.75, 3.05) is 5.32 Å². The molecule has 1 aliphatic rings. The fraction of sp³-hybridized carbons (Fsp3) is 0.333. The zero-order chi connectivity index (χ0) is 14.8. The molecule has 0 radical (unpaired) electrons. The first-order valence-electron chi connectivity index (χ1n) is 6.86. The van der Waals surface area contributed by atoms with Crippen molar-refractivity contribution in [2.45, 2.75) is 32.4 Å². The second-order valence-corrected chi connectivity index (χ2v) is 6.07. The summed E-state index contributed by atoms with van der Waals surface area (Å²) in [4.78, 5) is 18.4. The molecule has 1 aromatic carbocycles. The number of aromatic nitrogens is 1. The molecule has 0 spiro atoms. The Morgan fingerprint density at radius 2 is 2.33 bits per heavy atom. The van der Waals surface area contributed by atoms with Gasteiger partial charge in [-0.2, -0.15) is 0 Å². The third-order valence-corrected chi connectivity index (χ3v) is 4.20. The second-order valence-electron chi connectivity index (χ2n) is 5.21. The van der Waals surface area contributed by atoms with Gasteiger partial charge in [-0.05, 0) is 37.5 Å². The average molecular weight is 305 g/mol. The smallest absolute Gasteiger partial charge is 0.317 e. The molecule has 3 rings (SSSR count). The molecule has 2 amide bonds. The number of hydrogen-bond donors (Lipinski definition) is 1. The van der Waals surface area contributed by atoms with Crippen LogP contribution >= 0.6 is 11.3 Å². The van der Waals surface area contributed by atoms with Crippen molar-refractivity contribution in [3.63, 3.8) is 0 Å². The monoisotopic (exact) mass is 305 g/mol. The Balaban J connectivity index is 1.70. The van der Waals surface area contributed by atoms with Gasteiger partial charge in [-0.25, -0.2) is 14.2 Å². The highest BCUT2D eigenvalue weighted by atomic mass is 32.1. The number of aryl methyl sites for hydroxylation is 1. The van der Waals surface area contributed by atoms with Crippen molar-refractivity contribution in [1.82, 2.24) is 9.88 Å². The summed E-state index contributed by atoms with van der Waals surface area (Å²) in [6, 6.07) is 6.45. The lowest BCUT2D eigenvalue weighted by molar-refractivity contribution is 0.206. The number of amides is 2. The van der Waals surface area contributed by atoms with E-state index >= 15 is 0 Å². The Hall–Kier alpha value is -1.95. The fourth-order valence-electron chi connectivity index (χ4n) is 2.16. The summed E-state index contributed by atoms with van der Waals surface area (Å²) >= 11 is 1.41. The molecule has 0 bridgehead atoms. The molecular weight excluding hydrogens is 289 g/mol. The molecule has 1 aromatic heterocycles. The largest absolute Gasteiger partial charge is 0.324 e. The lowest BCUT2D eigenvalue weighted by Gasteiger charge is -2.22. The van der Waals surface area contributed by atoms with E-state index in [0.29, 0.717) is 11.7 Å². The molecule has 110 valence electrons. The van der Waals surface area contributed by atoms with Gasteiger partial charge in [0.1, 0.15) is 5.82 Å². The van der Waals surface area contributed by atoms with Gasteiger partial charge in [0.25, 0.3) is 0 Å². The maximum absolute atomic E-state index is 13.3. The van der Waals surface area contributed by atoms with Crippen molar-refractivity contribution >= 4 is 22.5 Å². The highest BCUT2D eigenvalue weighted by molar-refractivity contribution is 7.13. The summed E-state index contributed by atoms with van der Waals surface area (Å²) in [6.45, 7) is 2.30. The Kier molecular flexibility index (Phi) is 3.88. The Labute approximate surface area is 126 Å². The number of carbonyl (C=O) groups is 1. The SMILES string of the molecule is Cc1csc(NC(=O)N(Cc2cccc(F)c2)C2CC2)n1. The summed E-state index contributed by atoms with van der Waals surface area (Å²) in [5.74, 6) is -0.279. The number of nitrogens with one attached hydrogen (secondary N) is 1. The Morgan fingerprint density at radius 3 is 2.95 bits per heavy atom. The standard InChI is InChI=1S/C15H16FN3OS/c1-10-9-21-14(17-10)18-15(20)19(13-5-6-13)8-11-3-2-4-12(16)7-11/h2-4,7,9,13H,5-6,8H2,1H3,(H,17,18,20). The van der Waals surface area contributed by atoms with Gasteiger partial charge < -0.3 is 4.90 Å². The van der Waals surface area contributed by atoms with E-state index in [2.05, 4.69) is 10.3 Å². The van der Waals surface area contributed by atoms with Crippen molar-refractivity contribution in [3.8, 4) is 0 Å². The number of benzene rings is 1. The van der Waals surface area contributed by atoms with E-state index in [0.717, 1.165) is 24.1 Å². The van der Waals surface area contributed by atoms with Gasteiger partial charge in [0, 0.05) is 18.0 Å². The first-order valence-corrected chi connectivity index (χ1v) is 7.74. The van der Waals surface area contributed by atoms with E-state index in [1.54, 1.807) is 11.0 Å². The van der Waals surface area contributed by atoms with Crippen LogP contribution in [-0.4, -0.2) is 22.0 Å². The van der Waals surface area contributed by atoms with Crippen molar-refractivity contribution < 1.29 is 9.18 Å². The molecule has 6 heteroatoms. The van der Waals surface area contributed by atoms with Crippen LogP contribution in [0.25, 0.3) is 0 Å². The zero-order valence-electron chi connectivity index (χ0n) is 11.7. The predicted octanol–water partition coefficient (Wildman–Crippen LogP) is 3.79. The third kappa shape index (κ3) is 3.58. The number of rotatable bonds is 4. The molecule has 0 unspecified atom stereocenters. The van der Waals surface area contributed by atoms with Crippen LogP contribution in [0.15, 0.2) is 29.6 Å². The summed E-state index contributed by atoms with van der Waals surface area (Å²) in [5.41, 5.74) is 1.69. The number of nitrogens with zero attached hydrogens (tertiary/aromatic N) is 2. The van der Waals surface area contributed by atoms with Gasteiger partial charge in [0.2, 0.25) is 0 Å². The molecule has 1 heterocycles. The topological polar surface area (TPSA) is 45.2 Å². The minimum Gasteiger partial charge on any atom is -0.317 e. The highest BCUT2D eigenvalue weighted by Crippen LogP contribution is 2.29. The van der Waals surface area contributed by atoms with E-state index < -0.39 is 0 Å². The Morgan fingerprint density at radius 1 is 1.52 bits per heavy atom. The zero-order valence-corrected chi connectivity index (χ0v) is 12.5. The van der Waals surface area contributed by atoms with Crippen LogP contribution in [0.1, 0.15) is 24.1 Å². The molecule has 0 atom stereocenters. The maximum atomic E-state index is 13.3. The lowest BCUT2D eigenvalue weighted by Crippen LogP contribution is -2.36. The fourth-order valence-corrected chi connectivity index (χ4v) is 2.84. The van der Waals surface area contributed by atoms with Crippen LogP contribution in [-0.2, 0) is 6.54 Å². The van der Waals surface area contributed by atoms with Crippen LogP contribution in [0.4, 0.5) is 14.3 Å². The van der Waals surface area contributed by atoms with E-state index in [9.17, 15) is 9.18 Å².